The highest BCUT2D eigenvalue weighted by Crippen LogP contribution is 2.28. The maximum atomic E-state index is 13.1. The molecule has 0 bridgehead atoms. The van der Waals surface area contributed by atoms with Crippen molar-refractivity contribution in [1.29, 1.82) is 0 Å². The van der Waals surface area contributed by atoms with Crippen LogP contribution in [-0.2, 0) is 6.54 Å². The Kier molecular flexibility index (Phi) is 5.69. The molecule has 0 N–H and O–H groups in total. The van der Waals surface area contributed by atoms with Crippen molar-refractivity contribution in [2.75, 3.05) is 20.2 Å². The summed E-state index contributed by atoms with van der Waals surface area (Å²) < 4.78 is 12.8. The van der Waals surface area contributed by atoms with E-state index < -0.39 is 5.63 Å². The zero-order valence-electron chi connectivity index (χ0n) is 18.4. The smallest absolute Gasteiger partial charge is 0.349 e. The van der Waals surface area contributed by atoms with Crippen molar-refractivity contribution in [3.8, 4) is 5.75 Å². The van der Waals surface area contributed by atoms with Crippen LogP contribution in [0.25, 0.3) is 11.0 Å². The van der Waals surface area contributed by atoms with Gasteiger partial charge in [-0.2, -0.15) is 0 Å². The van der Waals surface area contributed by atoms with E-state index in [-0.39, 0.29) is 17.4 Å². The van der Waals surface area contributed by atoms with Gasteiger partial charge < -0.3 is 18.6 Å². The number of hydrogen-bond acceptors (Lipinski definition) is 5. The summed E-state index contributed by atoms with van der Waals surface area (Å²) in [6, 6.07) is 16.9. The molecular weight excluding hydrogens is 418 g/mol. The number of benzene rings is 2. The van der Waals surface area contributed by atoms with E-state index in [2.05, 4.69) is 21.7 Å². The van der Waals surface area contributed by atoms with E-state index in [0.717, 1.165) is 36.3 Å². The van der Waals surface area contributed by atoms with Crippen LogP contribution < -0.4 is 10.4 Å². The van der Waals surface area contributed by atoms with E-state index in [1.54, 1.807) is 30.2 Å². The molecule has 0 aliphatic carbocycles. The normalized spacial score (nSPS) is 14.5. The summed E-state index contributed by atoms with van der Waals surface area (Å²) in [6.45, 7) is 1.88. The Hall–Kier alpha value is -3.87. The Balaban J connectivity index is 1.27. The topological polar surface area (TPSA) is 77.6 Å². The van der Waals surface area contributed by atoms with Gasteiger partial charge in [0.1, 0.15) is 22.7 Å². The third-order valence-corrected chi connectivity index (χ3v) is 6.28. The first kappa shape index (κ1) is 21.0. The average molecular weight is 444 g/mol. The fourth-order valence-corrected chi connectivity index (χ4v) is 4.46. The number of ether oxygens (including phenoxy) is 1. The largest absolute Gasteiger partial charge is 0.497 e. The van der Waals surface area contributed by atoms with E-state index in [4.69, 9.17) is 9.15 Å². The number of carbonyl (C=O) groups is 1. The van der Waals surface area contributed by atoms with E-state index in [1.807, 2.05) is 36.7 Å². The molecule has 4 aromatic rings. The third kappa shape index (κ3) is 4.26. The molecule has 0 atom stereocenters. The molecule has 7 nitrogen and oxygen atoms in total. The molecule has 5 rings (SSSR count). The molecule has 3 heterocycles. The molecule has 0 radical (unpaired) electrons. The van der Waals surface area contributed by atoms with Crippen molar-refractivity contribution in [3.63, 3.8) is 0 Å². The predicted molar refractivity (Wildman–Crippen MR) is 125 cm³/mol. The Labute approximate surface area is 191 Å². The quantitative estimate of drug-likeness (QED) is 0.435. The number of hydrogen-bond donors (Lipinski definition) is 0. The lowest BCUT2D eigenvalue weighted by atomic mass is 9.95. The fraction of sp³-hybridized carbons (Fsp3) is 0.269. The zero-order valence-corrected chi connectivity index (χ0v) is 18.4. The van der Waals surface area contributed by atoms with Crippen molar-refractivity contribution in [2.24, 2.45) is 0 Å². The SMILES string of the molecule is COc1ccc(Cn2ccnc2C2CCN(C(=O)c3cc4ccccc4oc3=O)CC2)cc1. The summed E-state index contributed by atoms with van der Waals surface area (Å²) in [5, 5.41) is 0.746. The van der Waals surface area contributed by atoms with E-state index in [1.165, 1.54) is 5.56 Å². The van der Waals surface area contributed by atoms with E-state index in [0.29, 0.717) is 18.7 Å². The average Bonchev–Trinajstić information content (AvgIpc) is 3.32. The van der Waals surface area contributed by atoms with Gasteiger partial charge in [-0.25, -0.2) is 9.78 Å². The number of nitrogens with zero attached hydrogens (tertiary/aromatic N) is 3. The lowest BCUT2D eigenvalue weighted by Crippen LogP contribution is -2.40. The maximum absolute atomic E-state index is 13.1. The molecule has 33 heavy (non-hydrogen) atoms. The molecule has 1 amide bonds. The lowest BCUT2D eigenvalue weighted by molar-refractivity contribution is 0.0706. The lowest BCUT2D eigenvalue weighted by Gasteiger charge is -2.31. The summed E-state index contributed by atoms with van der Waals surface area (Å²) in [4.78, 5) is 31.8. The van der Waals surface area contributed by atoms with Crippen LogP contribution in [-0.4, -0.2) is 40.6 Å². The first-order valence-electron chi connectivity index (χ1n) is 11.1. The fourth-order valence-electron chi connectivity index (χ4n) is 4.46. The molecule has 1 fully saturated rings. The highest BCUT2D eigenvalue weighted by atomic mass is 16.5. The standard InChI is InChI=1S/C26H25N3O4/c1-32-21-8-6-18(7-9-21)17-29-15-12-27-24(29)19-10-13-28(14-11-19)25(30)22-16-20-4-2-3-5-23(20)33-26(22)31/h2-9,12,15-16,19H,10-11,13-14,17H2,1H3. The van der Waals surface area contributed by atoms with Gasteiger partial charge in [0.25, 0.3) is 5.91 Å². The second-order valence-electron chi connectivity index (χ2n) is 8.31. The number of imidazole rings is 1. The van der Waals surface area contributed by atoms with Crippen LogP contribution in [0.5, 0.6) is 5.75 Å². The van der Waals surface area contributed by atoms with Crippen molar-refractivity contribution < 1.29 is 13.9 Å². The maximum Gasteiger partial charge on any atom is 0.349 e. The highest BCUT2D eigenvalue weighted by molar-refractivity contribution is 5.96. The summed E-state index contributed by atoms with van der Waals surface area (Å²) in [5.41, 5.74) is 1.16. The van der Waals surface area contributed by atoms with Crippen LogP contribution in [0.15, 0.2) is 76.2 Å². The second kappa shape index (κ2) is 8.94. The number of piperidine rings is 1. The van der Waals surface area contributed by atoms with Gasteiger partial charge in [0, 0.05) is 43.3 Å². The molecule has 7 heteroatoms. The number of aromatic nitrogens is 2. The minimum absolute atomic E-state index is 0.0909. The molecule has 0 spiro atoms. The Bertz CT molecular complexity index is 1330. The van der Waals surface area contributed by atoms with Crippen molar-refractivity contribution in [2.45, 2.75) is 25.3 Å². The molecule has 168 valence electrons. The van der Waals surface area contributed by atoms with Crippen LogP contribution in [0.1, 0.15) is 40.5 Å². The van der Waals surface area contributed by atoms with Gasteiger partial charge >= 0.3 is 5.63 Å². The van der Waals surface area contributed by atoms with Gasteiger partial charge in [-0.05, 0) is 42.7 Å². The van der Waals surface area contributed by atoms with Gasteiger partial charge in [-0.15, -0.1) is 0 Å². The zero-order chi connectivity index (χ0) is 22.8. The van der Waals surface area contributed by atoms with Crippen LogP contribution >= 0.6 is 0 Å². The van der Waals surface area contributed by atoms with E-state index >= 15 is 0 Å². The first-order valence-corrected chi connectivity index (χ1v) is 11.1. The molecule has 1 saturated heterocycles. The Morgan fingerprint density at radius 2 is 1.88 bits per heavy atom. The number of fused-ring (bicyclic) bond motifs is 1. The monoisotopic (exact) mass is 443 g/mol. The molecule has 1 aliphatic rings. The third-order valence-electron chi connectivity index (χ3n) is 6.28. The summed E-state index contributed by atoms with van der Waals surface area (Å²) in [6.07, 6.45) is 5.42. The molecule has 0 saturated carbocycles. The highest BCUT2D eigenvalue weighted by Gasteiger charge is 2.28. The van der Waals surface area contributed by atoms with Gasteiger partial charge in [0.05, 0.1) is 7.11 Å². The first-order chi connectivity index (χ1) is 16.1. The van der Waals surface area contributed by atoms with Gasteiger partial charge in [-0.1, -0.05) is 30.3 Å². The molecule has 2 aromatic carbocycles. The summed E-state index contributed by atoms with van der Waals surface area (Å²) in [5.74, 6) is 1.86. The molecule has 0 unspecified atom stereocenters. The summed E-state index contributed by atoms with van der Waals surface area (Å²) >= 11 is 0. The number of rotatable bonds is 5. The van der Waals surface area contributed by atoms with Gasteiger partial charge in [0.2, 0.25) is 0 Å². The second-order valence-corrected chi connectivity index (χ2v) is 8.31. The van der Waals surface area contributed by atoms with Crippen LogP contribution in [0.3, 0.4) is 0 Å². The Morgan fingerprint density at radius 3 is 2.64 bits per heavy atom. The van der Waals surface area contributed by atoms with Crippen molar-refractivity contribution in [1.82, 2.24) is 14.5 Å². The van der Waals surface area contributed by atoms with Crippen LogP contribution in [0.4, 0.5) is 0 Å². The minimum Gasteiger partial charge on any atom is -0.497 e. The number of para-hydroxylation sites is 1. The number of amides is 1. The number of carbonyl (C=O) groups excluding carboxylic acids is 1. The number of likely N-dealkylation sites (tertiary alicyclic amines) is 1. The minimum atomic E-state index is -0.587. The molecule has 1 aliphatic heterocycles. The van der Waals surface area contributed by atoms with Gasteiger partial charge in [-0.3, -0.25) is 4.79 Å². The van der Waals surface area contributed by atoms with Crippen LogP contribution in [0.2, 0.25) is 0 Å². The van der Waals surface area contributed by atoms with E-state index in [9.17, 15) is 9.59 Å². The molecule has 2 aromatic heterocycles. The van der Waals surface area contributed by atoms with Crippen molar-refractivity contribution in [3.05, 3.63) is 94.4 Å². The van der Waals surface area contributed by atoms with Gasteiger partial charge in [0.15, 0.2) is 0 Å². The summed E-state index contributed by atoms with van der Waals surface area (Å²) in [7, 11) is 1.66. The number of methoxy groups -OCH3 is 1. The molecular formula is C26H25N3O4. The predicted octanol–water partition coefficient (Wildman–Crippen LogP) is 4.07. The van der Waals surface area contributed by atoms with Crippen LogP contribution in [0, 0.1) is 0 Å². The Morgan fingerprint density at radius 1 is 1.12 bits per heavy atom. The van der Waals surface area contributed by atoms with Crippen molar-refractivity contribution >= 4 is 16.9 Å².